The molecule has 1 unspecified atom stereocenters. The Kier molecular flexibility index (Phi) is 4.03. The van der Waals surface area contributed by atoms with Gasteiger partial charge in [0.25, 0.3) is 5.91 Å². The van der Waals surface area contributed by atoms with E-state index in [4.69, 9.17) is 0 Å². The van der Waals surface area contributed by atoms with E-state index < -0.39 is 0 Å². The Bertz CT molecular complexity index is 638. The van der Waals surface area contributed by atoms with E-state index in [9.17, 15) is 9.90 Å². The normalized spacial score (nSPS) is 11.9. The second kappa shape index (κ2) is 5.74. The summed E-state index contributed by atoms with van der Waals surface area (Å²) in [4.78, 5) is 15.9. The predicted octanol–water partition coefficient (Wildman–Crippen LogP) is 2.90. The number of aromatic hydroxyl groups is 1. The molecule has 0 saturated heterocycles. The van der Waals surface area contributed by atoms with E-state index in [2.05, 4.69) is 16.4 Å². The average Bonchev–Trinajstić information content (AvgIpc) is 2.38. The predicted molar refractivity (Wildman–Crippen MR) is 77.7 cm³/mol. The molecule has 4 nitrogen and oxygen atoms in total. The van der Waals surface area contributed by atoms with Crippen molar-refractivity contribution in [1.82, 2.24) is 10.3 Å². The van der Waals surface area contributed by atoms with Crippen molar-refractivity contribution in [1.29, 1.82) is 0 Å². The second-order valence-electron chi connectivity index (χ2n) is 4.99. The van der Waals surface area contributed by atoms with Crippen LogP contribution in [0.4, 0.5) is 0 Å². The van der Waals surface area contributed by atoms with Crippen LogP contribution >= 0.6 is 0 Å². The number of rotatable bonds is 3. The molecule has 0 fully saturated rings. The van der Waals surface area contributed by atoms with Gasteiger partial charge in [-0.3, -0.25) is 9.78 Å². The first kappa shape index (κ1) is 14.1. The maximum absolute atomic E-state index is 12.1. The lowest BCUT2D eigenvalue weighted by atomic mass is 10.00. The van der Waals surface area contributed by atoms with Gasteiger partial charge in [-0.2, -0.15) is 0 Å². The van der Waals surface area contributed by atoms with Crippen LogP contribution in [-0.4, -0.2) is 16.0 Å². The number of aryl methyl sites for hydroxylation is 2. The largest absolute Gasteiger partial charge is 0.506 e. The lowest BCUT2D eigenvalue weighted by molar-refractivity contribution is 0.0939. The summed E-state index contributed by atoms with van der Waals surface area (Å²) in [7, 11) is 0. The molecule has 1 aromatic carbocycles. The number of hydrogen-bond donors (Lipinski definition) is 2. The first-order valence-corrected chi connectivity index (χ1v) is 6.49. The van der Waals surface area contributed by atoms with Crippen molar-refractivity contribution in [2.45, 2.75) is 26.8 Å². The summed E-state index contributed by atoms with van der Waals surface area (Å²) < 4.78 is 0. The molecule has 0 bridgehead atoms. The summed E-state index contributed by atoms with van der Waals surface area (Å²) in [6, 6.07) is 7.44. The van der Waals surface area contributed by atoms with Gasteiger partial charge in [0.1, 0.15) is 5.75 Å². The fraction of sp³-hybridized carbons (Fsp3) is 0.250. The highest BCUT2D eigenvalue weighted by atomic mass is 16.3. The molecule has 104 valence electrons. The highest BCUT2D eigenvalue weighted by Gasteiger charge is 2.13. The van der Waals surface area contributed by atoms with Crippen LogP contribution in [0.25, 0.3) is 0 Å². The molecule has 0 saturated carbocycles. The Balaban J connectivity index is 2.15. The van der Waals surface area contributed by atoms with Crippen molar-refractivity contribution >= 4 is 5.91 Å². The summed E-state index contributed by atoms with van der Waals surface area (Å²) in [5.74, 6) is -0.266. The third-order valence-electron chi connectivity index (χ3n) is 3.23. The minimum Gasteiger partial charge on any atom is -0.506 e. The lowest BCUT2D eigenvalue weighted by Gasteiger charge is -2.17. The van der Waals surface area contributed by atoms with Gasteiger partial charge in [-0.25, -0.2) is 0 Å². The first-order chi connectivity index (χ1) is 9.47. The minimum atomic E-state index is -0.249. The molecule has 0 aliphatic carbocycles. The van der Waals surface area contributed by atoms with Crippen molar-refractivity contribution in [2.75, 3.05) is 0 Å². The smallest absolute Gasteiger partial charge is 0.253 e. The van der Waals surface area contributed by atoms with Crippen LogP contribution in [0, 0.1) is 13.8 Å². The Morgan fingerprint density at radius 2 is 2.00 bits per heavy atom. The number of nitrogens with zero attached hydrogens (tertiary/aromatic N) is 1. The van der Waals surface area contributed by atoms with Gasteiger partial charge in [-0.15, -0.1) is 0 Å². The molecule has 1 heterocycles. The average molecular weight is 270 g/mol. The number of benzene rings is 1. The van der Waals surface area contributed by atoms with Crippen LogP contribution in [0.2, 0.25) is 0 Å². The van der Waals surface area contributed by atoms with Crippen molar-refractivity contribution in [3.63, 3.8) is 0 Å². The Labute approximate surface area is 118 Å². The zero-order chi connectivity index (χ0) is 14.7. The van der Waals surface area contributed by atoms with Crippen molar-refractivity contribution in [3.05, 3.63) is 58.9 Å². The lowest BCUT2D eigenvalue weighted by Crippen LogP contribution is -2.27. The summed E-state index contributed by atoms with van der Waals surface area (Å²) >= 11 is 0. The van der Waals surface area contributed by atoms with E-state index in [1.54, 1.807) is 0 Å². The van der Waals surface area contributed by atoms with E-state index in [-0.39, 0.29) is 17.7 Å². The molecule has 2 aromatic rings. The number of aromatic nitrogens is 1. The van der Waals surface area contributed by atoms with Crippen LogP contribution in [-0.2, 0) is 0 Å². The number of pyridine rings is 1. The van der Waals surface area contributed by atoms with Gasteiger partial charge in [-0.1, -0.05) is 23.8 Å². The summed E-state index contributed by atoms with van der Waals surface area (Å²) in [6.07, 6.45) is 2.73. The molecule has 1 aromatic heterocycles. The second-order valence-corrected chi connectivity index (χ2v) is 4.99. The molecule has 0 radical (unpaired) electrons. The summed E-state index contributed by atoms with van der Waals surface area (Å²) in [5, 5.41) is 12.3. The van der Waals surface area contributed by atoms with Crippen molar-refractivity contribution in [2.24, 2.45) is 0 Å². The van der Waals surface area contributed by atoms with Crippen LogP contribution < -0.4 is 5.32 Å². The maximum Gasteiger partial charge on any atom is 0.253 e. The topological polar surface area (TPSA) is 62.2 Å². The molecule has 1 amide bonds. The molecule has 1 atom stereocenters. The molecule has 2 N–H and O–H groups in total. The van der Waals surface area contributed by atoms with Crippen LogP contribution in [0.5, 0.6) is 5.75 Å². The van der Waals surface area contributed by atoms with Crippen molar-refractivity contribution in [3.8, 4) is 5.75 Å². The monoisotopic (exact) mass is 270 g/mol. The van der Waals surface area contributed by atoms with Gasteiger partial charge in [-0.05, 0) is 38.0 Å². The van der Waals surface area contributed by atoms with Gasteiger partial charge in [0.15, 0.2) is 0 Å². The molecule has 4 heteroatoms. The van der Waals surface area contributed by atoms with Crippen LogP contribution in [0.1, 0.15) is 40.0 Å². The van der Waals surface area contributed by atoms with E-state index in [0.29, 0.717) is 5.56 Å². The molecule has 0 aliphatic heterocycles. The van der Waals surface area contributed by atoms with E-state index >= 15 is 0 Å². The SMILES string of the molecule is Cc1ccc(C(C)NC(=O)c2cncc(O)c2)c(C)c1. The summed E-state index contributed by atoms with van der Waals surface area (Å²) in [5.41, 5.74) is 3.77. The zero-order valence-corrected chi connectivity index (χ0v) is 11.8. The maximum atomic E-state index is 12.1. The quantitative estimate of drug-likeness (QED) is 0.901. The standard InChI is InChI=1S/C16H18N2O2/c1-10-4-5-15(11(2)6-10)12(3)18-16(20)13-7-14(19)9-17-8-13/h4-9,12,19H,1-3H3,(H,18,20). The summed E-state index contributed by atoms with van der Waals surface area (Å²) in [6.45, 7) is 6.01. The van der Waals surface area contributed by atoms with Gasteiger partial charge in [0.05, 0.1) is 17.8 Å². The van der Waals surface area contributed by atoms with Gasteiger partial charge >= 0.3 is 0 Å². The molecular weight excluding hydrogens is 252 g/mol. The first-order valence-electron chi connectivity index (χ1n) is 6.49. The third-order valence-corrected chi connectivity index (χ3v) is 3.23. The van der Waals surface area contributed by atoms with Crippen LogP contribution in [0.3, 0.4) is 0 Å². The zero-order valence-electron chi connectivity index (χ0n) is 11.8. The number of nitrogens with one attached hydrogen (secondary N) is 1. The molecule has 0 spiro atoms. The Hall–Kier alpha value is -2.36. The van der Waals surface area contributed by atoms with Gasteiger partial charge in [0.2, 0.25) is 0 Å². The van der Waals surface area contributed by atoms with E-state index in [1.165, 1.54) is 24.0 Å². The molecule has 0 aliphatic rings. The van der Waals surface area contributed by atoms with E-state index in [1.807, 2.05) is 32.9 Å². The highest BCUT2D eigenvalue weighted by molar-refractivity contribution is 5.94. The number of amides is 1. The Morgan fingerprint density at radius 1 is 1.25 bits per heavy atom. The fourth-order valence-corrected chi connectivity index (χ4v) is 2.22. The van der Waals surface area contributed by atoms with E-state index in [0.717, 1.165) is 11.1 Å². The number of carbonyl (C=O) groups is 1. The van der Waals surface area contributed by atoms with Gasteiger partial charge in [0, 0.05) is 6.20 Å². The van der Waals surface area contributed by atoms with Crippen LogP contribution in [0.15, 0.2) is 36.7 Å². The van der Waals surface area contributed by atoms with Gasteiger partial charge < -0.3 is 10.4 Å². The highest BCUT2D eigenvalue weighted by Crippen LogP contribution is 2.19. The van der Waals surface area contributed by atoms with Crippen molar-refractivity contribution < 1.29 is 9.90 Å². The fourth-order valence-electron chi connectivity index (χ4n) is 2.22. The molecule has 2 rings (SSSR count). The Morgan fingerprint density at radius 3 is 2.65 bits per heavy atom. The minimum absolute atomic E-state index is 0.0168. The molecular formula is C16H18N2O2. The molecule has 20 heavy (non-hydrogen) atoms. The number of carbonyl (C=O) groups excluding carboxylic acids is 1. The number of hydrogen-bond acceptors (Lipinski definition) is 3. The third kappa shape index (κ3) is 3.15.